The summed E-state index contributed by atoms with van der Waals surface area (Å²) in [6.45, 7) is 0.213. The zero-order chi connectivity index (χ0) is 17.1. The quantitative estimate of drug-likeness (QED) is 0.828. The van der Waals surface area contributed by atoms with Crippen molar-refractivity contribution in [2.45, 2.75) is 11.9 Å². The minimum Gasteiger partial charge on any atom is -0.496 e. The van der Waals surface area contributed by atoms with Gasteiger partial charge in [0.1, 0.15) is 22.7 Å². The molecule has 1 fully saturated rings. The van der Waals surface area contributed by atoms with Crippen LogP contribution in [0.2, 0.25) is 0 Å². The van der Waals surface area contributed by atoms with Crippen molar-refractivity contribution >= 4 is 17.7 Å². The van der Waals surface area contributed by atoms with Crippen LogP contribution in [0.15, 0.2) is 42.5 Å². The number of carbonyl (C=O) groups excluding carboxylic acids is 1. The average molecular weight is 347 g/mol. The Bertz CT molecular complexity index is 731. The third-order valence-corrected chi connectivity index (χ3v) is 5.20. The van der Waals surface area contributed by atoms with E-state index in [-0.39, 0.29) is 23.6 Å². The normalized spacial score (nSPS) is 17.2. The summed E-state index contributed by atoms with van der Waals surface area (Å²) in [6, 6.07) is 12.0. The number of carbonyl (C=O) groups is 1. The molecule has 0 radical (unpaired) electrons. The van der Waals surface area contributed by atoms with E-state index in [1.54, 1.807) is 37.3 Å². The molecule has 0 spiro atoms. The molecule has 2 aromatic carbocycles. The Hall–Kier alpha value is -2.21. The molecule has 1 amide bonds. The molecule has 1 saturated heterocycles. The van der Waals surface area contributed by atoms with Crippen molar-refractivity contribution in [2.24, 2.45) is 0 Å². The standard InChI is InChI=1S/C18H18FNO3S/c1-22-14-8-5-9-15(23-2)17(14)18-20(16(21)11-24-18)10-12-6-3-4-7-13(12)19/h3-9,18H,10-11H2,1-2H3. The maximum atomic E-state index is 14.0. The lowest BCUT2D eigenvalue weighted by molar-refractivity contribution is -0.128. The van der Waals surface area contributed by atoms with E-state index in [1.807, 2.05) is 18.2 Å². The van der Waals surface area contributed by atoms with Gasteiger partial charge in [0.25, 0.3) is 0 Å². The second kappa shape index (κ2) is 7.13. The summed E-state index contributed by atoms with van der Waals surface area (Å²) >= 11 is 1.49. The molecule has 1 aliphatic rings. The molecule has 4 nitrogen and oxygen atoms in total. The Kier molecular flexibility index (Phi) is 4.94. The molecule has 6 heteroatoms. The number of rotatable bonds is 5. The van der Waals surface area contributed by atoms with E-state index in [4.69, 9.17) is 9.47 Å². The smallest absolute Gasteiger partial charge is 0.234 e. The molecular weight excluding hydrogens is 329 g/mol. The van der Waals surface area contributed by atoms with Crippen LogP contribution in [0.4, 0.5) is 4.39 Å². The first-order chi connectivity index (χ1) is 11.7. The first kappa shape index (κ1) is 16.6. The molecule has 24 heavy (non-hydrogen) atoms. The number of amides is 1. The summed E-state index contributed by atoms with van der Waals surface area (Å²) in [5.74, 6) is 1.31. The van der Waals surface area contributed by atoms with Gasteiger partial charge in [0.05, 0.1) is 32.1 Å². The van der Waals surface area contributed by atoms with Crippen molar-refractivity contribution in [1.29, 1.82) is 0 Å². The number of benzene rings is 2. The zero-order valence-electron chi connectivity index (χ0n) is 13.5. The lowest BCUT2D eigenvalue weighted by atomic mass is 10.1. The summed E-state index contributed by atoms with van der Waals surface area (Å²) in [5.41, 5.74) is 1.29. The Morgan fingerprint density at radius 3 is 2.42 bits per heavy atom. The molecule has 3 rings (SSSR count). The molecule has 1 heterocycles. The Balaban J connectivity index is 1.98. The van der Waals surface area contributed by atoms with Gasteiger partial charge in [0, 0.05) is 5.56 Å². The second-order valence-corrected chi connectivity index (χ2v) is 6.42. The van der Waals surface area contributed by atoms with Gasteiger partial charge in [-0.05, 0) is 18.2 Å². The maximum Gasteiger partial charge on any atom is 0.234 e. The molecule has 2 aromatic rings. The van der Waals surface area contributed by atoms with Crippen LogP contribution in [-0.2, 0) is 11.3 Å². The number of hydrogen-bond donors (Lipinski definition) is 0. The van der Waals surface area contributed by atoms with Gasteiger partial charge in [0.15, 0.2) is 0 Å². The first-order valence-electron chi connectivity index (χ1n) is 7.51. The van der Waals surface area contributed by atoms with Crippen molar-refractivity contribution in [3.05, 3.63) is 59.4 Å². The molecule has 1 atom stereocenters. The van der Waals surface area contributed by atoms with Gasteiger partial charge in [-0.15, -0.1) is 11.8 Å². The van der Waals surface area contributed by atoms with Crippen LogP contribution in [0, 0.1) is 5.82 Å². The molecule has 126 valence electrons. The van der Waals surface area contributed by atoms with Gasteiger partial charge in [0.2, 0.25) is 5.91 Å². The van der Waals surface area contributed by atoms with Crippen LogP contribution in [0.5, 0.6) is 11.5 Å². The second-order valence-electron chi connectivity index (χ2n) is 5.35. The molecule has 0 N–H and O–H groups in total. The Labute approximate surface area is 144 Å². The van der Waals surface area contributed by atoms with Crippen LogP contribution in [0.25, 0.3) is 0 Å². The molecule has 0 aliphatic carbocycles. The van der Waals surface area contributed by atoms with Gasteiger partial charge < -0.3 is 14.4 Å². The van der Waals surface area contributed by atoms with Crippen LogP contribution < -0.4 is 9.47 Å². The fraction of sp³-hybridized carbons (Fsp3) is 0.278. The van der Waals surface area contributed by atoms with Gasteiger partial charge >= 0.3 is 0 Å². The van der Waals surface area contributed by atoms with Gasteiger partial charge in [-0.2, -0.15) is 0 Å². The topological polar surface area (TPSA) is 38.8 Å². The highest BCUT2D eigenvalue weighted by Crippen LogP contribution is 2.47. The van der Waals surface area contributed by atoms with E-state index in [1.165, 1.54) is 17.8 Å². The van der Waals surface area contributed by atoms with E-state index < -0.39 is 0 Å². The number of hydrogen-bond acceptors (Lipinski definition) is 4. The van der Waals surface area contributed by atoms with Crippen molar-refractivity contribution in [1.82, 2.24) is 4.90 Å². The minimum atomic E-state index is -0.312. The Morgan fingerprint density at radius 1 is 1.12 bits per heavy atom. The van der Waals surface area contributed by atoms with Crippen LogP contribution >= 0.6 is 11.8 Å². The highest BCUT2D eigenvalue weighted by atomic mass is 32.2. The lowest BCUT2D eigenvalue weighted by Gasteiger charge is -2.27. The fourth-order valence-corrected chi connectivity index (χ4v) is 4.03. The van der Waals surface area contributed by atoms with Crippen LogP contribution in [0.3, 0.4) is 0 Å². The summed E-state index contributed by atoms with van der Waals surface area (Å²) < 4.78 is 24.9. The van der Waals surface area contributed by atoms with Gasteiger partial charge in [-0.3, -0.25) is 4.79 Å². The van der Waals surface area contributed by atoms with Crippen molar-refractivity contribution in [3.8, 4) is 11.5 Å². The first-order valence-corrected chi connectivity index (χ1v) is 8.56. The van der Waals surface area contributed by atoms with Gasteiger partial charge in [-0.1, -0.05) is 24.3 Å². The third kappa shape index (κ3) is 3.06. The Morgan fingerprint density at radius 2 is 1.79 bits per heavy atom. The van der Waals surface area contributed by atoms with E-state index in [2.05, 4.69) is 0 Å². The van der Waals surface area contributed by atoms with Crippen LogP contribution in [-0.4, -0.2) is 30.8 Å². The van der Waals surface area contributed by atoms with Crippen molar-refractivity contribution < 1.29 is 18.7 Å². The van der Waals surface area contributed by atoms with E-state index in [0.29, 0.717) is 22.8 Å². The number of halogens is 1. The fourth-order valence-electron chi connectivity index (χ4n) is 2.80. The highest BCUT2D eigenvalue weighted by molar-refractivity contribution is 8.00. The van der Waals surface area contributed by atoms with Crippen LogP contribution in [0.1, 0.15) is 16.5 Å². The number of thioether (sulfide) groups is 1. The zero-order valence-corrected chi connectivity index (χ0v) is 14.3. The average Bonchev–Trinajstić information content (AvgIpc) is 2.96. The number of nitrogens with zero attached hydrogens (tertiary/aromatic N) is 1. The monoisotopic (exact) mass is 347 g/mol. The predicted molar refractivity (Wildman–Crippen MR) is 91.7 cm³/mol. The highest BCUT2D eigenvalue weighted by Gasteiger charge is 2.36. The molecule has 0 bridgehead atoms. The van der Waals surface area contributed by atoms with E-state index >= 15 is 0 Å². The molecule has 1 unspecified atom stereocenters. The predicted octanol–water partition coefficient (Wildman–Crippen LogP) is 3.62. The molecule has 0 aromatic heterocycles. The number of methoxy groups -OCH3 is 2. The lowest BCUT2D eigenvalue weighted by Crippen LogP contribution is -2.28. The summed E-state index contributed by atoms with van der Waals surface area (Å²) in [4.78, 5) is 14.0. The largest absolute Gasteiger partial charge is 0.496 e. The maximum absolute atomic E-state index is 14.0. The summed E-state index contributed by atoms with van der Waals surface area (Å²) in [5, 5.41) is -0.275. The molecule has 0 saturated carbocycles. The van der Waals surface area contributed by atoms with E-state index in [0.717, 1.165) is 5.56 Å². The minimum absolute atomic E-state index is 0.0267. The van der Waals surface area contributed by atoms with Crippen molar-refractivity contribution in [3.63, 3.8) is 0 Å². The summed E-state index contributed by atoms with van der Waals surface area (Å²) in [6.07, 6.45) is 0. The van der Waals surface area contributed by atoms with Crippen molar-refractivity contribution in [2.75, 3.05) is 20.0 Å². The molecular formula is C18H18FNO3S. The summed E-state index contributed by atoms with van der Waals surface area (Å²) in [7, 11) is 3.17. The number of ether oxygens (including phenoxy) is 2. The SMILES string of the molecule is COc1cccc(OC)c1C1SCC(=O)N1Cc1ccccc1F. The molecule has 1 aliphatic heterocycles. The third-order valence-electron chi connectivity index (χ3n) is 3.98. The van der Waals surface area contributed by atoms with Gasteiger partial charge in [-0.25, -0.2) is 4.39 Å². The van der Waals surface area contributed by atoms with E-state index in [9.17, 15) is 9.18 Å².